The van der Waals surface area contributed by atoms with Crippen LogP contribution in [0.5, 0.6) is 0 Å². The van der Waals surface area contributed by atoms with Crippen LogP contribution in [0.15, 0.2) is 24.3 Å². The lowest BCUT2D eigenvalue weighted by Gasteiger charge is -2.38. The number of nitrogens with zero attached hydrogens (tertiary/aromatic N) is 4. The molecule has 0 radical (unpaired) electrons. The van der Waals surface area contributed by atoms with Gasteiger partial charge in [-0.25, -0.2) is 0 Å². The van der Waals surface area contributed by atoms with Gasteiger partial charge in [0.25, 0.3) is 0 Å². The molecule has 0 bridgehead atoms. The molecule has 2 aromatic rings. The molecule has 7 heteroatoms. The maximum Gasteiger partial charge on any atom is 0.138 e. The lowest BCUT2D eigenvalue weighted by molar-refractivity contribution is 0.0971. The van der Waals surface area contributed by atoms with Crippen LogP contribution in [-0.2, 0) is 6.54 Å². The predicted molar refractivity (Wildman–Crippen MR) is 91.6 cm³/mol. The zero-order chi connectivity index (χ0) is 15.5. The van der Waals surface area contributed by atoms with E-state index in [0.717, 1.165) is 43.4 Å². The first-order chi connectivity index (χ1) is 10.6. The zero-order valence-corrected chi connectivity index (χ0v) is 14.7. The summed E-state index contributed by atoms with van der Waals surface area (Å²) in [5, 5.41) is 4.93. The first-order valence-corrected chi connectivity index (χ1v) is 8.85. The minimum Gasteiger partial charge on any atom is -0.295 e. The van der Waals surface area contributed by atoms with Crippen LogP contribution in [0.3, 0.4) is 0 Å². The third-order valence-electron chi connectivity index (χ3n) is 4.19. The van der Waals surface area contributed by atoms with Gasteiger partial charge in [0, 0.05) is 55.3 Å². The van der Waals surface area contributed by atoms with Crippen molar-refractivity contribution in [1.29, 1.82) is 0 Å². The molecule has 0 N–H and O–H groups in total. The topological polar surface area (TPSA) is 32.3 Å². The normalized spacial score (nSPS) is 18.5. The summed E-state index contributed by atoms with van der Waals surface area (Å²) in [6.45, 7) is 7.04. The number of benzene rings is 1. The number of aromatic nitrogens is 2. The molecule has 0 amide bonds. The molecule has 1 aliphatic heterocycles. The summed E-state index contributed by atoms with van der Waals surface area (Å²) in [5.41, 5.74) is 2.09. The number of hydrogen-bond acceptors (Lipinski definition) is 5. The van der Waals surface area contributed by atoms with Gasteiger partial charge in [-0.3, -0.25) is 9.80 Å². The SMILES string of the molecule is CC(c1ccccc1Cl)N1CCN(Cc2nnsc2Cl)CC1. The number of piperazine rings is 1. The van der Waals surface area contributed by atoms with Gasteiger partial charge in [0.2, 0.25) is 0 Å². The van der Waals surface area contributed by atoms with Crippen LogP contribution in [0.25, 0.3) is 0 Å². The number of halogens is 2. The van der Waals surface area contributed by atoms with Crippen LogP contribution in [0, 0.1) is 0 Å². The first kappa shape index (κ1) is 16.1. The molecule has 3 rings (SSSR count). The summed E-state index contributed by atoms with van der Waals surface area (Å²) in [6.07, 6.45) is 0. The van der Waals surface area contributed by atoms with E-state index in [1.807, 2.05) is 18.2 Å². The molecular weight excluding hydrogens is 339 g/mol. The Bertz CT molecular complexity index is 626. The first-order valence-electron chi connectivity index (χ1n) is 7.32. The quantitative estimate of drug-likeness (QED) is 0.835. The molecule has 1 aromatic heterocycles. The van der Waals surface area contributed by atoms with Crippen LogP contribution in [0.1, 0.15) is 24.2 Å². The monoisotopic (exact) mass is 356 g/mol. The zero-order valence-electron chi connectivity index (χ0n) is 12.4. The molecule has 118 valence electrons. The third kappa shape index (κ3) is 3.60. The van der Waals surface area contributed by atoms with Crippen LogP contribution in [0.4, 0.5) is 0 Å². The lowest BCUT2D eigenvalue weighted by atomic mass is 10.1. The molecule has 1 fully saturated rings. The molecular formula is C15H18Cl2N4S. The number of rotatable bonds is 4. The van der Waals surface area contributed by atoms with E-state index in [1.165, 1.54) is 17.1 Å². The van der Waals surface area contributed by atoms with Crippen molar-refractivity contribution in [2.45, 2.75) is 19.5 Å². The standard InChI is InChI=1S/C15H18Cl2N4S/c1-11(12-4-2-3-5-13(12)16)21-8-6-20(7-9-21)10-14-15(17)22-19-18-14/h2-5,11H,6-10H2,1H3. The van der Waals surface area contributed by atoms with Gasteiger partial charge in [-0.15, -0.1) is 5.10 Å². The highest BCUT2D eigenvalue weighted by Crippen LogP contribution is 2.28. The molecule has 0 saturated carbocycles. The summed E-state index contributed by atoms with van der Waals surface area (Å²) in [5.74, 6) is 0. The maximum atomic E-state index is 6.31. The van der Waals surface area contributed by atoms with E-state index in [2.05, 4.69) is 32.4 Å². The lowest BCUT2D eigenvalue weighted by Crippen LogP contribution is -2.46. The summed E-state index contributed by atoms with van der Waals surface area (Å²) < 4.78 is 4.59. The van der Waals surface area contributed by atoms with Gasteiger partial charge in [-0.05, 0) is 18.6 Å². The maximum absolute atomic E-state index is 6.31. The van der Waals surface area contributed by atoms with E-state index in [-0.39, 0.29) is 0 Å². The minimum atomic E-state index is 0.334. The minimum absolute atomic E-state index is 0.334. The van der Waals surface area contributed by atoms with Gasteiger partial charge in [0.1, 0.15) is 10.0 Å². The fraction of sp³-hybridized carbons (Fsp3) is 0.467. The fourth-order valence-corrected chi connectivity index (χ4v) is 3.73. The average Bonchev–Trinajstić information content (AvgIpc) is 2.93. The molecule has 0 spiro atoms. The second kappa shape index (κ2) is 7.23. The van der Waals surface area contributed by atoms with Crippen molar-refractivity contribution in [3.05, 3.63) is 44.9 Å². The highest BCUT2D eigenvalue weighted by atomic mass is 35.5. The number of hydrogen-bond donors (Lipinski definition) is 0. The Morgan fingerprint density at radius 1 is 1.18 bits per heavy atom. The van der Waals surface area contributed by atoms with E-state index in [9.17, 15) is 0 Å². The molecule has 1 aromatic carbocycles. The van der Waals surface area contributed by atoms with Crippen molar-refractivity contribution in [3.63, 3.8) is 0 Å². The fourth-order valence-electron chi connectivity index (χ4n) is 2.82. The van der Waals surface area contributed by atoms with E-state index in [4.69, 9.17) is 23.2 Å². The summed E-state index contributed by atoms with van der Waals surface area (Å²) in [4.78, 5) is 4.84. The van der Waals surface area contributed by atoms with Crippen LogP contribution >= 0.6 is 34.7 Å². The van der Waals surface area contributed by atoms with Crippen molar-refractivity contribution in [3.8, 4) is 0 Å². The van der Waals surface area contributed by atoms with Gasteiger partial charge in [-0.2, -0.15) is 0 Å². The molecule has 2 heterocycles. The van der Waals surface area contributed by atoms with Crippen molar-refractivity contribution in [2.75, 3.05) is 26.2 Å². The second-order valence-electron chi connectivity index (χ2n) is 5.50. The molecule has 22 heavy (non-hydrogen) atoms. The Morgan fingerprint density at radius 3 is 2.55 bits per heavy atom. The van der Waals surface area contributed by atoms with Crippen LogP contribution in [-0.4, -0.2) is 45.6 Å². The highest BCUT2D eigenvalue weighted by Gasteiger charge is 2.24. The summed E-state index contributed by atoms with van der Waals surface area (Å²) in [6, 6.07) is 8.43. The van der Waals surface area contributed by atoms with Crippen molar-refractivity contribution in [2.24, 2.45) is 0 Å². The Balaban J connectivity index is 1.57. The smallest absolute Gasteiger partial charge is 0.138 e. The Kier molecular flexibility index (Phi) is 5.31. The van der Waals surface area contributed by atoms with Crippen molar-refractivity contribution in [1.82, 2.24) is 19.4 Å². The van der Waals surface area contributed by atoms with Crippen molar-refractivity contribution >= 4 is 34.7 Å². The van der Waals surface area contributed by atoms with Crippen molar-refractivity contribution < 1.29 is 0 Å². The van der Waals surface area contributed by atoms with Gasteiger partial charge < -0.3 is 0 Å². The molecule has 1 aliphatic rings. The third-order valence-corrected chi connectivity index (χ3v) is 5.52. The second-order valence-corrected chi connectivity index (χ2v) is 7.27. The van der Waals surface area contributed by atoms with Crippen LogP contribution in [0.2, 0.25) is 9.36 Å². The highest BCUT2D eigenvalue weighted by molar-refractivity contribution is 7.10. The van der Waals surface area contributed by atoms with E-state index >= 15 is 0 Å². The largest absolute Gasteiger partial charge is 0.295 e. The van der Waals surface area contributed by atoms with E-state index < -0.39 is 0 Å². The van der Waals surface area contributed by atoms with Gasteiger partial charge >= 0.3 is 0 Å². The molecule has 1 unspecified atom stereocenters. The van der Waals surface area contributed by atoms with Gasteiger partial charge in [0.15, 0.2) is 0 Å². The van der Waals surface area contributed by atoms with E-state index in [0.29, 0.717) is 10.4 Å². The molecule has 4 nitrogen and oxygen atoms in total. The van der Waals surface area contributed by atoms with Gasteiger partial charge in [-0.1, -0.05) is 45.9 Å². The summed E-state index contributed by atoms with van der Waals surface area (Å²) >= 11 is 13.6. The molecule has 0 aliphatic carbocycles. The summed E-state index contributed by atoms with van der Waals surface area (Å²) in [7, 11) is 0. The predicted octanol–water partition coefficient (Wildman–Crippen LogP) is 3.72. The Hall–Kier alpha value is -0.720. The van der Waals surface area contributed by atoms with Crippen LogP contribution < -0.4 is 0 Å². The van der Waals surface area contributed by atoms with E-state index in [1.54, 1.807) is 0 Å². The molecule has 1 saturated heterocycles. The Labute approximate surface area is 144 Å². The Morgan fingerprint density at radius 2 is 1.91 bits per heavy atom. The average molecular weight is 357 g/mol. The van der Waals surface area contributed by atoms with Gasteiger partial charge in [0.05, 0.1) is 0 Å². The molecule has 1 atom stereocenters.